The van der Waals surface area contributed by atoms with Crippen molar-refractivity contribution in [3.63, 3.8) is 0 Å². The third-order valence-electron chi connectivity index (χ3n) is 5.81. The molecular weight excluding hydrogens is 423 g/mol. The Labute approximate surface area is 169 Å². The van der Waals surface area contributed by atoms with Gasteiger partial charge in [-0.25, -0.2) is 0 Å². The van der Waals surface area contributed by atoms with E-state index in [2.05, 4.69) is 57.9 Å². The second-order valence-electron chi connectivity index (χ2n) is 7.58. The van der Waals surface area contributed by atoms with E-state index in [1.165, 1.54) is 50.8 Å². The van der Waals surface area contributed by atoms with Gasteiger partial charge in [0, 0.05) is 32.1 Å². The van der Waals surface area contributed by atoms with E-state index >= 15 is 0 Å². The minimum absolute atomic E-state index is 0. The molecule has 1 aliphatic carbocycles. The molecule has 3 rings (SSSR count). The van der Waals surface area contributed by atoms with Crippen molar-refractivity contribution in [3.8, 4) is 0 Å². The van der Waals surface area contributed by atoms with Gasteiger partial charge in [0.2, 0.25) is 0 Å². The lowest BCUT2D eigenvalue weighted by Gasteiger charge is -2.31. The zero-order valence-corrected chi connectivity index (χ0v) is 18.0. The highest BCUT2D eigenvalue weighted by Gasteiger charge is 2.35. The molecule has 25 heavy (non-hydrogen) atoms. The van der Waals surface area contributed by atoms with Gasteiger partial charge in [-0.15, -0.1) is 24.0 Å². The van der Waals surface area contributed by atoms with E-state index in [1.54, 1.807) is 0 Å². The average molecular weight is 456 g/mol. The Balaban J connectivity index is 0.00000225. The molecule has 140 valence electrons. The minimum Gasteiger partial charge on any atom is -0.356 e. The topological polar surface area (TPSA) is 39.7 Å². The van der Waals surface area contributed by atoms with Gasteiger partial charge in [-0.05, 0) is 44.3 Å². The van der Waals surface area contributed by atoms with Gasteiger partial charge in [-0.1, -0.05) is 43.2 Å². The summed E-state index contributed by atoms with van der Waals surface area (Å²) >= 11 is 0. The summed E-state index contributed by atoms with van der Waals surface area (Å²) in [5.41, 5.74) is 1.75. The number of hydrogen-bond acceptors (Lipinski definition) is 2. The fourth-order valence-electron chi connectivity index (χ4n) is 4.32. The van der Waals surface area contributed by atoms with Crippen LogP contribution in [0.3, 0.4) is 0 Å². The highest BCUT2D eigenvalue weighted by Crippen LogP contribution is 2.40. The second-order valence-corrected chi connectivity index (χ2v) is 7.58. The lowest BCUT2D eigenvalue weighted by molar-refractivity contribution is 0.393. The van der Waals surface area contributed by atoms with Crippen LogP contribution in [0.4, 0.5) is 0 Å². The summed E-state index contributed by atoms with van der Waals surface area (Å²) in [6.45, 7) is 4.40. The van der Waals surface area contributed by atoms with Crippen molar-refractivity contribution in [1.29, 1.82) is 0 Å². The number of hydrogen-bond donors (Lipinski definition) is 2. The lowest BCUT2D eigenvalue weighted by atomic mass is 9.79. The lowest BCUT2D eigenvalue weighted by Crippen LogP contribution is -2.46. The van der Waals surface area contributed by atoms with E-state index in [0.29, 0.717) is 0 Å². The number of halogens is 1. The predicted molar refractivity (Wildman–Crippen MR) is 117 cm³/mol. The standard InChI is InChI=1S/C20H32N4.HI/c1-21-19(22-14-17-10-13-24(2)15-17)23-16-20(11-6-7-12-20)18-8-4-3-5-9-18;/h3-5,8-9,17H,6-7,10-16H2,1-2H3,(H2,21,22,23);1H. The maximum absolute atomic E-state index is 4.43. The van der Waals surface area contributed by atoms with E-state index in [0.717, 1.165) is 25.0 Å². The van der Waals surface area contributed by atoms with Crippen molar-refractivity contribution in [2.45, 2.75) is 37.5 Å². The van der Waals surface area contributed by atoms with Crippen molar-refractivity contribution in [3.05, 3.63) is 35.9 Å². The molecule has 2 fully saturated rings. The number of nitrogens with one attached hydrogen (secondary N) is 2. The van der Waals surface area contributed by atoms with Gasteiger partial charge in [0.15, 0.2) is 5.96 Å². The Morgan fingerprint density at radius 2 is 1.92 bits per heavy atom. The van der Waals surface area contributed by atoms with Crippen molar-refractivity contribution in [2.24, 2.45) is 10.9 Å². The number of rotatable bonds is 5. The Morgan fingerprint density at radius 3 is 2.52 bits per heavy atom. The Morgan fingerprint density at radius 1 is 1.20 bits per heavy atom. The molecule has 1 aromatic rings. The first kappa shape index (κ1) is 20.5. The van der Waals surface area contributed by atoms with Crippen molar-refractivity contribution in [1.82, 2.24) is 15.5 Å². The van der Waals surface area contributed by atoms with E-state index in [4.69, 9.17) is 0 Å². The minimum atomic E-state index is 0. The Hall–Kier alpha value is -0.820. The molecule has 0 bridgehead atoms. The molecular formula is C20H33IN4. The number of guanidine groups is 1. The van der Waals surface area contributed by atoms with Crippen LogP contribution in [-0.2, 0) is 5.41 Å². The average Bonchev–Trinajstić information content (AvgIpc) is 3.26. The molecule has 4 nitrogen and oxygen atoms in total. The number of likely N-dealkylation sites (tertiary alicyclic amines) is 1. The van der Waals surface area contributed by atoms with Crippen LogP contribution in [0.15, 0.2) is 35.3 Å². The number of benzene rings is 1. The number of aliphatic imine (C=N–C) groups is 1. The molecule has 1 atom stereocenters. The maximum atomic E-state index is 4.43. The molecule has 1 saturated carbocycles. The predicted octanol–water partition coefficient (Wildman–Crippen LogP) is 3.23. The second kappa shape index (κ2) is 9.76. The van der Waals surface area contributed by atoms with Crippen LogP contribution in [0.1, 0.15) is 37.7 Å². The molecule has 5 heteroatoms. The van der Waals surface area contributed by atoms with Crippen LogP contribution < -0.4 is 10.6 Å². The summed E-state index contributed by atoms with van der Waals surface area (Å²) in [5, 5.41) is 7.15. The summed E-state index contributed by atoms with van der Waals surface area (Å²) in [6.07, 6.45) is 6.49. The molecule has 1 aromatic carbocycles. The normalized spacial score (nSPS) is 23.3. The quantitative estimate of drug-likeness (QED) is 0.406. The summed E-state index contributed by atoms with van der Waals surface area (Å²) in [5.74, 6) is 1.69. The summed E-state index contributed by atoms with van der Waals surface area (Å²) in [6, 6.07) is 11.0. The van der Waals surface area contributed by atoms with E-state index in [-0.39, 0.29) is 29.4 Å². The molecule has 2 N–H and O–H groups in total. The highest BCUT2D eigenvalue weighted by molar-refractivity contribution is 14.0. The first-order valence-electron chi connectivity index (χ1n) is 9.40. The fourth-order valence-corrected chi connectivity index (χ4v) is 4.32. The zero-order chi connectivity index (χ0) is 16.8. The Kier molecular flexibility index (Phi) is 8.00. The van der Waals surface area contributed by atoms with Crippen LogP contribution in [-0.4, -0.2) is 51.1 Å². The van der Waals surface area contributed by atoms with Crippen LogP contribution in [0.25, 0.3) is 0 Å². The van der Waals surface area contributed by atoms with Crippen molar-refractivity contribution >= 4 is 29.9 Å². The zero-order valence-electron chi connectivity index (χ0n) is 15.6. The van der Waals surface area contributed by atoms with E-state index in [9.17, 15) is 0 Å². The van der Waals surface area contributed by atoms with Gasteiger partial charge in [-0.3, -0.25) is 4.99 Å². The first-order chi connectivity index (χ1) is 11.7. The Bertz CT molecular complexity index is 540. The van der Waals surface area contributed by atoms with Gasteiger partial charge >= 0.3 is 0 Å². The summed E-state index contributed by atoms with van der Waals surface area (Å²) in [7, 11) is 4.08. The monoisotopic (exact) mass is 456 g/mol. The van der Waals surface area contributed by atoms with Crippen molar-refractivity contribution < 1.29 is 0 Å². The van der Waals surface area contributed by atoms with Crippen LogP contribution in [0, 0.1) is 5.92 Å². The molecule has 0 amide bonds. The molecule has 0 radical (unpaired) electrons. The number of nitrogens with zero attached hydrogens (tertiary/aromatic N) is 2. The van der Waals surface area contributed by atoms with Crippen LogP contribution in [0.5, 0.6) is 0 Å². The maximum Gasteiger partial charge on any atom is 0.191 e. The van der Waals surface area contributed by atoms with Gasteiger partial charge < -0.3 is 15.5 Å². The van der Waals surface area contributed by atoms with E-state index < -0.39 is 0 Å². The molecule has 0 spiro atoms. The molecule has 2 aliphatic rings. The summed E-state index contributed by atoms with van der Waals surface area (Å²) < 4.78 is 0. The van der Waals surface area contributed by atoms with Gasteiger partial charge in [-0.2, -0.15) is 0 Å². The SMILES string of the molecule is CN=C(NCC1CCN(C)C1)NCC1(c2ccccc2)CCCC1.I. The van der Waals surface area contributed by atoms with Crippen molar-refractivity contribution in [2.75, 3.05) is 40.3 Å². The first-order valence-corrected chi connectivity index (χ1v) is 9.40. The smallest absolute Gasteiger partial charge is 0.191 e. The highest BCUT2D eigenvalue weighted by atomic mass is 127. The van der Waals surface area contributed by atoms with Crippen LogP contribution in [0.2, 0.25) is 0 Å². The third-order valence-corrected chi connectivity index (χ3v) is 5.81. The van der Waals surface area contributed by atoms with Crippen LogP contribution >= 0.6 is 24.0 Å². The summed E-state index contributed by atoms with van der Waals surface area (Å²) in [4.78, 5) is 6.84. The molecule has 1 aliphatic heterocycles. The molecule has 0 aromatic heterocycles. The van der Waals surface area contributed by atoms with E-state index in [1.807, 2.05) is 7.05 Å². The molecule has 1 saturated heterocycles. The fraction of sp³-hybridized carbons (Fsp3) is 0.650. The van der Waals surface area contributed by atoms with Gasteiger partial charge in [0.1, 0.15) is 0 Å². The third kappa shape index (κ3) is 5.33. The van der Waals surface area contributed by atoms with Gasteiger partial charge in [0.25, 0.3) is 0 Å². The van der Waals surface area contributed by atoms with Gasteiger partial charge in [0.05, 0.1) is 0 Å². The molecule has 1 unspecified atom stereocenters. The molecule has 1 heterocycles. The largest absolute Gasteiger partial charge is 0.356 e.